The molecule has 4 atom stereocenters. The molecule has 0 radical (unpaired) electrons. The van der Waals surface area contributed by atoms with Gasteiger partial charge in [-0.25, -0.2) is 4.98 Å². The number of carbonyl (C=O) groups is 4. The van der Waals surface area contributed by atoms with Gasteiger partial charge in [-0.3, -0.25) is 19.2 Å². The number of aromatic nitrogens is 3. The Morgan fingerprint density at radius 1 is 0.854 bits per heavy atom. The van der Waals surface area contributed by atoms with E-state index in [4.69, 9.17) is 5.73 Å². The zero-order valence-corrected chi connectivity index (χ0v) is 22.5. The molecule has 0 aliphatic rings. The number of aliphatic carboxylic acids is 1. The van der Waals surface area contributed by atoms with Gasteiger partial charge in [0.1, 0.15) is 18.1 Å². The van der Waals surface area contributed by atoms with Crippen molar-refractivity contribution in [2.45, 2.75) is 50.4 Å². The van der Waals surface area contributed by atoms with Crippen molar-refractivity contribution in [3.63, 3.8) is 0 Å². The van der Waals surface area contributed by atoms with Crippen molar-refractivity contribution in [2.24, 2.45) is 5.73 Å². The fraction of sp³-hybridized carbons (Fsp3) is 0.276. The van der Waals surface area contributed by atoms with Crippen molar-refractivity contribution in [1.29, 1.82) is 0 Å². The van der Waals surface area contributed by atoms with Gasteiger partial charge in [-0.15, -0.1) is 0 Å². The number of nitrogens with two attached hydrogens (primary N) is 1. The van der Waals surface area contributed by atoms with Crippen LogP contribution in [0.2, 0.25) is 0 Å². The van der Waals surface area contributed by atoms with E-state index < -0.39 is 47.9 Å². The van der Waals surface area contributed by atoms with E-state index in [9.17, 15) is 24.3 Å². The second kappa shape index (κ2) is 13.4. The maximum Gasteiger partial charge on any atom is 0.325 e. The zero-order chi connectivity index (χ0) is 29.4. The lowest BCUT2D eigenvalue weighted by Gasteiger charge is -2.25. The van der Waals surface area contributed by atoms with Gasteiger partial charge >= 0.3 is 5.97 Å². The molecule has 3 amide bonds. The molecule has 214 valence electrons. The molecule has 4 aromatic rings. The van der Waals surface area contributed by atoms with E-state index >= 15 is 0 Å². The van der Waals surface area contributed by atoms with Gasteiger partial charge in [0.2, 0.25) is 17.7 Å². The monoisotopic (exact) mass is 559 g/mol. The van der Waals surface area contributed by atoms with Crippen LogP contribution in [0.4, 0.5) is 0 Å². The molecule has 0 fully saturated rings. The van der Waals surface area contributed by atoms with Crippen LogP contribution in [0.5, 0.6) is 0 Å². The van der Waals surface area contributed by atoms with Crippen LogP contribution in [0.3, 0.4) is 0 Å². The number of carboxylic acids is 1. The number of hydrogen-bond acceptors (Lipinski definition) is 6. The molecule has 4 unspecified atom stereocenters. The average molecular weight is 560 g/mol. The molecule has 4 rings (SSSR count). The Hall–Kier alpha value is -4.97. The van der Waals surface area contributed by atoms with E-state index in [0.29, 0.717) is 5.69 Å². The van der Waals surface area contributed by atoms with Gasteiger partial charge in [0, 0.05) is 41.8 Å². The molecule has 0 saturated carbocycles. The van der Waals surface area contributed by atoms with Crippen molar-refractivity contribution >= 4 is 34.6 Å². The van der Waals surface area contributed by atoms with Gasteiger partial charge in [-0.05, 0) is 30.5 Å². The van der Waals surface area contributed by atoms with Crippen LogP contribution < -0.4 is 21.7 Å². The maximum atomic E-state index is 13.6. The first-order chi connectivity index (χ1) is 19.7. The number of nitrogens with one attached hydrogen (secondary N) is 5. The van der Waals surface area contributed by atoms with Crippen LogP contribution in [0.15, 0.2) is 73.3 Å². The van der Waals surface area contributed by atoms with Crippen molar-refractivity contribution in [2.75, 3.05) is 0 Å². The lowest BCUT2D eigenvalue weighted by atomic mass is 10.0. The highest BCUT2D eigenvalue weighted by molar-refractivity contribution is 5.94. The first-order valence-electron chi connectivity index (χ1n) is 13.2. The number of carboxylic acid groups (broad SMARTS) is 1. The predicted molar refractivity (Wildman–Crippen MR) is 152 cm³/mol. The van der Waals surface area contributed by atoms with Crippen LogP contribution in [-0.4, -0.2) is 67.9 Å². The number of imidazole rings is 1. The number of benzene rings is 2. The second-order valence-electron chi connectivity index (χ2n) is 9.83. The summed E-state index contributed by atoms with van der Waals surface area (Å²) in [5.41, 5.74) is 9.41. The number of aromatic amines is 2. The van der Waals surface area contributed by atoms with E-state index in [1.807, 2.05) is 60.8 Å². The largest absolute Gasteiger partial charge is 0.480 e. The summed E-state index contributed by atoms with van der Waals surface area (Å²) in [4.78, 5) is 61.0. The zero-order valence-electron chi connectivity index (χ0n) is 22.5. The molecule has 12 heteroatoms. The molecule has 2 aromatic heterocycles. The first kappa shape index (κ1) is 29.0. The standard InChI is InChI=1S/C29H33N7O5/c1-17(29(40)41)34-27(38)25(13-20-15-31-16-33-20)36-28(39)24(11-18-7-3-2-4-8-18)35-26(37)22(30)12-19-14-32-23-10-6-5-9-21(19)23/h2-10,14-17,22,24-25,32H,11-13,30H2,1H3,(H,31,33)(H,34,38)(H,35,37)(H,36,39)(H,40,41). The number of hydrogen-bond donors (Lipinski definition) is 7. The van der Waals surface area contributed by atoms with Gasteiger partial charge < -0.3 is 36.8 Å². The van der Waals surface area contributed by atoms with Gasteiger partial charge in [0.05, 0.1) is 12.4 Å². The van der Waals surface area contributed by atoms with Crippen molar-refractivity contribution < 1.29 is 24.3 Å². The van der Waals surface area contributed by atoms with E-state index in [2.05, 4.69) is 30.9 Å². The number of para-hydroxylation sites is 1. The Balaban J connectivity index is 1.51. The number of nitrogens with zero attached hydrogens (tertiary/aromatic N) is 1. The summed E-state index contributed by atoms with van der Waals surface area (Å²) in [7, 11) is 0. The molecular weight excluding hydrogens is 526 g/mol. The van der Waals surface area contributed by atoms with Crippen molar-refractivity contribution in [1.82, 2.24) is 30.9 Å². The minimum Gasteiger partial charge on any atom is -0.480 e. The number of fused-ring (bicyclic) bond motifs is 1. The number of H-pyrrole nitrogens is 2. The predicted octanol–water partition coefficient (Wildman–Crippen LogP) is 0.805. The van der Waals surface area contributed by atoms with Crippen LogP contribution in [0.25, 0.3) is 10.9 Å². The van der Waals surface area contributed by atoms with Crippen LogP contribution >= 0.6 is 0 Å². The number of carbonyl (C=O) groups excluding carboxylic acids is 3. The minimum atomic E-state index is -1.22. The minimum absolute atomic E-state index is 0.0238. The lowest BCUT2D eigenvalue weighted by molar-refractivity contribution is -0.141. The summed E-state index contributed by atoms with van der Waals surface area (Å²) in [5.74, 6) is -3.06. The molecule has 12 nitrogen and oxygen atoms in total. The quantitative estimate of drug-likeness (QED) is 0.126. The van der Waals surface area contributed by atoms with E-state index in [1.54, 1.807) is 0 Å². The Morgan fingerprint density at radius 3 is 2.22 bits per heavy atom. The molecule has 0 spiro atoms. The molecular formula is C29H33N7O5. The van der Waals surface area contributed by atoms with Crippen LogP contribution in [-0.2, 0) is 38.4 Å². The number of amides is 3. The van der Waals surface area contributed by atoms with Gasteiger partial charge in [0.15, 0.2) is 0 Å². The summed E-state index contributed by atoms with van der Waals surface area (Å²) >= 11 is 0. The normalized spacial score (nSPS) is 14.0. The Bertz CT molecular complexity index is 1490. The van der Waals surface area contributed by atoms with Crippen molar-refractivity contribution in [3.8, 4) is 0 Å². The number of rotatable bonds is 13. The third kappa shape index (κ3) is 7.79. The van der Waals surface area contributed by atoms with Crippen LogP contribution in [0.1, 0.15) is 23.7 Å². The smallest absolute Gasteiger partial charge is 0.325 e. The van der Waals surface area contributed by atoms with Crippen molar-refractivity contribution in [3.05, 3.63) is 90.1 Å². The van der Waals surface area contributed by atoms with Gasteiger partial charge in [-0.1, -0.05) is 48.5 Å². The lowest BCUT2D eigenvalue weighted by Crippen LogP contribution is -2.58. The molecule has 41 heavy (non-hydrogen) atoms. The molecule has 0 aliphatic heterocycles. The Kier molecular flexibility index (Phi) is 9.48. The summed E-state index contributed by atoms with van der Waals surface area (Å²) < 4.78 is 0. The maximum absolute atomic E-state index is 13.6. The third-order valence-corrected chi connectivity index (χ3v) is 6.71. The van der Waals surface area contributed by atoms with Gasteiger partial charge in [0.25, 0.3) is 0 Å². The highest BCUT2D eigenvalue weighted by Crippen LogP contribution is 2.19. The fourth-order valence-corrected chi connectivity index (χ4v) is 4.44. The molecule has 0 bridgehead atoms. The molecule has 0 saturated heterocycles. The highest BCUT2D eigenvalue weighted by Gasteiger charge is 2.30. The molecule has 2 heterocycles. The Morgan fingerprint density at radius 2 is 1.51 bits per heavy atom. The average Bonchev–Trinajstić information content (AvgIpc) is 3.63. The third-order valence-electron chi connectivity index (χ3n) is 6.71. The second-order valence-corrected chi connectivity index (χ2v) is 9.83. The molecule has 2 aromatic carbocycles. The Labute approximate surface area is 236 Å². The van der Waals surface area contributed by atoms with Gasteiger partial charge in [-0.2, -0.15) is 0 Å². The fourth-order valence-electron chi connectivity index (χ4n) is 4.44. The topological polar surface area (TPSA) is 195 Å². The van der Waals surface area contributed by atoms with E-state index in [-0.39, 0.29) is 19.3 Å². The summed E-state index contributed by atoms with van der Waals surface area (Å²) in [6.45, 7) is 1.32. The first-order valence-corrected chi connectivity index (χ1v) is 13.2. The van der Waals surface area contributed by atoms with Crippen LogP contribution in [0, 0.1) is 0 Å². The highest BCUT2D eigenvalue weighted by atomic mass is 16.4. The summed E-state index contributed by atoms with van der Waals surface area (Å²) in [5, 5.41) is 18.0. The summed E-state index contributed by atoms with van der Waals surface area (Å²) in [6, 6.07) is 12.5. The van der Waals surface area contributed by atoms with E-state index in [1.165, 1.54) is 19.4 Å². The molecule has 8 N–H and O–H groups in total. The van der Waals surface area contributed by atoms with E-state index in [0.717, 1.165) is 22.0 Å². The molecule has 0 aliphatic carbocycles. The summed E-state index contributed by atoms with van der Waals surface area (Å²) in [6.07, 6.45) is 5.15. The SMILES string of the molecule is CC(NC(=O)C(Cc1cnc[nH]1)NC(=O)C(Cc1ccccc1)NC(=O)C(N)Cc1c[nH]c2ccccc12)C(=O)O.